The fraction of sp³-hybridized carbons (Fsp3) is 0.0714. The van der Waals surface area contributed by atoms with Crippen molar-refractivity contribution in [2.45, 2.75) is 6.92 Å². The molecule has 0 fully saturated rings. The molecule has 3 nitrogen and oxygen atoms in total. The number of phenols is 2. The number of nitrogens with zero attached hydrogens (tertiary/aromatic N) is 1. The van der Waals surface area contributed by atoms with Crippen LogP contribution in [0.4, 0.5) is 5.69 Å². The van der Waals surface area contributed by atoms with Gasteiger partial charge in [0.15, 0.2) is 0 Å². The van der Waals surface area contributed by atoms with Gasteiger partial charge in [-0.05, 0) is 36.8 Å². The van der Waals surface area contributed by atoms with Crippen LogP contribution in [0.15, 0.2) is 47.5 Å². The van der Waals surface area contributed by atoms with Gasteiger partial charge in [0.1, 0.15) is 17.2 Å². The second-order valence-electron chi connectivity index (χ2n) is 3.81. The van der Waals surface area contributed by atoms with Crippen LogP contribution in [-0.4, -0.2) is 16.4 Å². The molecule has 0 aliphatic heterocycles. The number of aliphatic imine (C=N–C) groups is 1. The van der Waals surface area contributed by atoms with Crippen molar-refractivity contribution in [3.8, 4) is 11.5 Å². The number of para-hydroxylation sites is 1. The average molecular weight is 291 g/mol. The molecule has 2 aromatic rings. The SMILES string of the molecule is Cc1ccc(O)c(N=Cc2ccccc2O)c1.[Cu]. The Bertz CT molecular complexity index is 567. The monoisotopic (exact) mass is 290 g/mol. The van der Waals surface area contributed by atoms with Gasteiger partial charge in [0, 0.05) is 28.8 Å². The van der Waals surface area contributed by atoms with Gasteiger partial charge < -0.3 is 10.2 Å². The van der Waals surface area contributed by atoms with E-state index in [-0.39, 0.29) is 28.6 Å². The number of phenolic OH excluding ortho intramolecular Hbond substituents is 2. The van der Waals surface area contributed by atoms with Crippen LogP contribution in [-0.2, 0) is 17.1 Å². The molecule has 0 bridgehead atoms. The maximum Gasteiger partial charge on any atom is 0.141 e. The van der Waals surface area contributed by atoms with Gasteiger partial charge in [0.2, 0.25) is 0 Å². The summed E-state index contributed by atoms with van der Waals surface area (Å²) >= 11 is 0. The second-order valence-corrected chi connectivity index (χ2v) is 3.81. The maximum atomic E-state index is 9.61. The minimum atomic E-state index is 0. The first-order valence-electron chi connectivity index (χ1n) is 5.28. The van der Waals surface area contributed by atoms with E-state index in [2.05, 4.69) is 4.99 Å². The molecule has 97 valence electrons. The topological polar surface area (TPSA) is 52.8 Å². The van der Waals surface area contributed by atoms with Crippen molar-refractivity contribution in [2.24, 2.45) is 4.99 Å². The summed E-state index contributed by atoms with van der Waals surface area (Å²) in [5, 5.41) is 19.2. The molecule has 1 radical (unpaired) electrons. The van der Waals surface area contributed by atoms with Crippen molar-refractivity contribution < 1.29 is 27.3 Å². The van der Waals surface area contributed by atoms with Crippen LogP contribution in [0.25, 0.3) is 0 Å². The van der Waals surface area contributed by atoms with Gasteiger partial charge in [-0.3, -0.25) is 4.99 Å². The van der Waals surface area contributed by atoms with E-state index in [9.17, 15) is 10.2 Å². The summed E-state index contributed by atoms with van der Waals surface area (Å²) in [6.07, 6.45) is 1.53. The van der Waals surface area contributed by atoms with E-state index < -0.39 is 0 Å². The van der Waals surface area contributed by atoms with Crippen LogP contribution in [0.2, 0.25) is 0 Å². The fourth-order valence-electron chi connectivity index (χ4n) is 1.47. The Morgan fingerprint density at radius 1 is 1.00 bits per heavy atom. The van der Waals surface area contributed by atoms with Crippen LogP contribution in [0, 0.1) is 6.92 Å². The van der Waals surface area contributed by atoms with Crippen LogP contribution in [0.3, 0.4) is 0 Å². The molecule has 0 aliphatic carbocycles. The van der Waals surface area contributed by atoms with E-state index in [0.29, 0.717) is 11.3 Å². The Balaban J connectivity index is 0.00000162. The number of hydrogen-bond acceptors (Lipinski definition) is 3. The molecule has 0 saturated carbocycles. The molecule has 0 amide bonds. The van der Waals surface area contributed by atoms with Gasteiger partial charge in [-0.2, -0.15) is 0 Å². The van der Waals surface area contributed by atoms with E-state index in [4.69, 9.17) is 0 Å². The minimum Gasteiger partial charge on any atom is -0.507 e. The minimum absolute atomic E-state index is 0. The summed E-state index contributed by atoms with van der Waals surface area (Å²) < 4.78 is 0. The molecule has 0 aromatic heterocycles. The van der Waals surface area contributed by atoms with Gasteiger partial charge >= 0.3 is 0 Å². The summed E-state index contributed by atoms with van der Waals surface area (Å²) in [5.41, 5.74) is 2.13. The zero-order valence-corrected chi connectivity index (χ0v) is 10.7. The number of benzene rings is 2. The van der Waals surface area contributed by atoms with Crippen LogP contribution < -0.4 is 0 Å². The Morgan fingerprint density at radius 2 is 1.72 bits per heavy atom. The number of aryl methyl sites for hydroxylation is 1. The predicted molar refractivity (Wildman–Crippen MR) is 68.2 cm³/mol. The van der Waals surface area contributed by atoms with Gasteiger partial charge in [0.05, 0.1) is 0 Å². The Kier molecular flexibility index (Phi) is 4.95. The Labute approximate surface area is 116 Å². The van der Waals surface area contributed by atoms with E-state index in [0.717, 1.165) is 5.56 Å². The quantitative estimate of drug-likeness (QED) is 0.659. The molecule has 18 heavy (non-hydrogen) atoms. The molecule has 2 rings (SSSR count). The molecule has 4 heteroatoms. The van der Waals surface area contributed by atoms with Crippen LogP contribution in [0.5, 0.6) is 11.5 Å². The van der Waals surface area contributed by atoms with Crippen molar-refractivity contribution in [2.75, 3.05) is 0 Å². The summed E-state index contributed by atoms with van der Waals surface area (Å²) in [4.78, 5) is 4.16. The normalized spacial score (nSPS) is 10.3. The van der Waals surface area contributed by atoms with Crippen molar-refractivity contribution in [1.29, 1.82) is 0 Å². The summed E-state index contributed by atoms with van der Waals surface area (Å²) in [6, 6.07) is 12.1. The first-order valence-corrected chi connectivity index (χ1v) is 5.28. The van der Waals surface area contributed by atoms with Crippen LogP contribution in [0.1, 0.15) is 11.1 Å². The van der Waals surface area contributed by atoms with E-state index >= 15 is 0 Å². The van der Waals surface area contributed by atoms with E-state index in [1.54, 1.807) is 30.3 Å². The van der Waals surface area contributed by atoms with Crippen LogP contribution >= 0.6 is 0 Å². The molecule has 2 N–H and O–H groups in total. The van der Waals surface area contributed by atoms with Crippen molar-refractivity contribution in [3.05, 3.63) is 53.6 Å². The van der Waals surface area contributed by atoms with E-state index in [1.807, 2.05) is 19.1 Å². The van der Waals surface area contributed by atoms with Gasteiger partial charge in [0.25, 0.3) is 0 Å². The number of hydrogen-bond donors (Lipinski definition) is 2. The standard InChI is InChI=1S/C14H13NO2.Cu/c1-10-6-7-14(17)12(8-10)15-9-11-4-2-3-5-13(11)16;/h2-9,16-17H,1H3;. The van der Waals surface area contributed by atoms with Gasteiger partial charge in [-0.15, -0.1) is 0 Å². The summed E-state index contributed by atoms with van der Waals surface area (Å²) in [6.45, 7) is 1.93. The predicted octanol–water partition coefficient (Wildman–Crippen LogP) is 3.15. The molecular weight excluding hydrogens is 278 g/mol. The fourth-order valence-corrected chi connectivity index (χ4v) is 1.47. The third-order valence-corrected chi connectivity index (χ3v) is 2.41. The zero-order valence-electron chi connectivity index (χ0n) is 9.76. The molecule has 2 aromatic carbocycles. The van der Waals surface area contributed by atoms with Crippen molar-refractivity contribution in [1.82, 2.24) is 0 Å². The zero-order chi connectivity index (χ0) is 12.3. The largest absolute Gasteiger partial charge is 0.507 e. The van der Waals surface area contributed by atoms with E-state index in [1.165, 1.54) is 6.21 Å². The third kappa shape index (κ3) is 3.36. The number of rotatable bonds is 2. The second kappa shape index (κ2) is 6.24. The molecular formula is C14H13CuNO2. The number of aromatic hydroxyl groups is 2. The maximum absolute atomic E-state index is 9.61. The molecule has 0 saturated heterocycles. The molecule has 0 atom stereocenters. The molecule has 0 heterocycles. The molecule has 0 unspecified atom stereocenters. The van der Waals surface area contributed by atoms with Gasteiger partial charge in [-0.25, -0.2) is 0 Å². The smallest absolute Gasteiger partial charge is 0.141 e. The Hall–Kier alpha value is -1.77. The van der Waals surface area contributed by atoms with Crippen molar-refractivity contribution >= 4 is 11.9 Å². The molecule has 0 aliphatic rings. The average Bonchev–Trinajstić information content (AvgIpc) is 2.32. The summed E-state index contributed by atoms with van der Waals surface area (Å²) in [7, 11) is 0. The summed E-state index contributed by atoms with van der Waals surface area (Å²) in [5.74, 6) is 0.297. The first kappa shape index (κ1) is 14.3. The first-order chi connectivity index (χ1) is 8.16. The molecule has 0 spiro atoms. The van der Waals surface area contributed by atoms with Gasteiger partial charge in [-0.1, -0.05) is 18.2 Å². The third-order valence-electron chi connectivity index (χ3n) is 2.41. The Morgan fingerprint density at radius 3 is 2.44 bits per heavy atom. The van der Waals surface area contributed by atoms with Crippen molar-refractivity contribution in [3.63, 3.8) is 0 Å².